The van der Waals surface area contributed by atoms with Crippen LogP contribution in [0.2, 0.25) is 0 Å². The van der Waals surface area contributed by atoms with E-state index in [4.69, 9.17) is 4.74 Å². The molecule has 2 aromatic rings. The van der Waals surface area contributed by atoms with Crippen molar-refractivity contribution in [3.05, 3.63) is 69.8 Å². The fraction of sp³-hybridized carbons (Fsp3) is 0.350. The molecule has 3 rings (SSSR count). The summed E-state index contributed by atoms with van der Waals surface area (Å²) < 4.78 is 29.4. The summed E-state index contributed by atoms with van der Waals surface area (Å²) in [5, 5.41) is 11.4. The lowest BCUT2D eigenvalue weighted by molar-refractivity contribution is -0.385. The molecular formula is C20H22N2O6S. The Morgan fingerprint density at radius 1 is 1.21 bits per heavy atom. The van der Waals surface area contributed by atoms with Gasteiger partial charge in [0.1, 0.15) is 11.3 Å². The standard InChI is InChI=1S/C20H22N2O6S/c1-2-28-17-9-7-15(8-10-17)13-21(16-11-12-29(26,27)14-16)20(23)18-5-3-4-6-19(18)22(24)25/h3-10,16H,2,11-14H2,1H3. The van der Waals surface area contributed by atoms with Crippen molar-refractivity contribution in [1.82, 2.24) is 4.90 Å². The van der Waals surface area contributed by atoms with E-state index in [1.165, 1.54) is 23.1 Å². The maximum Gasteiger partial charge on any atom is 0.282 e. The van der Waals surface area contributed by atoms with Crippen molar-refractivity contribution >= 4 is 21.4 Å². The van der Waals surface area contributed by atoms with Gasteiger partial charge in [-0.25, -0.2) is 8.42 Å². The Morgan fingerprint density at radius 3 is 2.48 bits per heavy atom. The number of rotatable bonds is 7. The highest BCUT2D eigenvalue weighted by Gasteiger charge is 2.36. The van der Waals surface area contributed by atoms with Crippen LogP contribution in [-0.2, 0) is 16.4 Å². The summed E-state index contributed by atoms with van der Waals surface area (Å²) in [5.41, 5.74) is 0.437. The van der Waals surface area contributed by atoms with Gasteiger partial charge in [-0.05, 0) is 37.1 Å². The minimum Gasteiger partial charge on any atom is -0.494 e. The van der Waals surface area contributed by atoms with Crippen LogP contribution in [0.3, 0.4) is 0 Å². The summed E-state index contributed by atoms with van der Waals surface area (Å²) in [4.78, 5) is 25.4. The molecular weight excluding hydrogens is 396 g/mol. The highest BCUT2D eigenvalue weighted by atomic mass is 32.2. The second kappa shape index (κ2) is 8.60. The Hall–Kier alpha value is -2.94. The molecule has 1 atom stereocenters. The molecule has 0 aromatic heterocycles. The molecule has 2 aromatic carbocycles. The van der Waals surface area contributed by atoms with Gasteiger partial charge in [-0.3, -0.25) is 14.9 Å². The maximum absolute atomic E-state index is 13.2. The van der Waals surface area contributed by atoms with Crippen LogP contribution in [0, 0.1) is 10.1 Å². The van der Waals surface area contributed by atoms with Crippen LogP contribution >= 0.6 is 0 Å². The van der Waals surface area contributed by atoms with Crippen LogP contribution in [0.15, 0.2) is 48.5 Å². The van der Waals surface area contributed by atoms with Gasteiger partial charge in [0, 0.05) is 18.7 Å². The molecule has 1 unspecified atom stereocenters. The van der Waals surface area contributed by atoms with Crippen LogP contribution < -0.4 is 4.74 Å². The number of sulfone groups is 1. The number of benzene rings is 2. The number of nitrogens with zero attached hydrogens (tertiary/aromatic N) is 2. The van der Waals surface area contributed by atoms with E-state index in [0.717, 1.165) is 5.56 Å². The third-order valence-electron chi connectivity index (χ3n) is 4.83. The van der Waals surface area contributed by atoms with E-state index in [2.05, 4.69) is 0 Å². The van der Waals surface area contributed by atoms with E-state index in [9.17, 15) is 23.3 Å². The molecule has 8 nitrogen and oxygen atoms in total. The summed E-state index contributed by atoms with van der Waals surface area (Å²) in [6, 6.07) is 12.3. The van der Waals surface area contributed by atoms with Gasteiger partial charge < -0.3 is 9.64 Å². The Kier molecular flexibility index (Phi) is 6.17. The van der Waals surface area contributed by atoms with Crippen LogP contribution in [-0.4, -0.2) is 48.3 Å². The molecule has 1 aliphatic heterocycles. The lowest BCUT2D eigenvalue weighted by Crippen LogP contribution is -2.40. The first-order valence-corrected chi connectivity index (χ1v) is 11.1. The van der Waals surface area contributed by atoms with Gasteiger partial charge >= 0.3 is 0 Å². The lowest BCUT2D eigenvalue weighted by atomic mass is 10.1. The monoisotopic (exact) mass is 418 g/mol. The van der Waals surface area contributed by atoms with Gasteiger partial charge in [-0.1, -0.05) is 24.3 Å². The normalized spacial score (nSPS) is 17.6. The zero-order chi connectivity index (χ0) is 21.0. The molecule has 0 saturated carbocycles. The molecule has 0 bridgehead atoms. The van der Waals surface area contributed by atoms with Crippen molar-refractivity contribution in [3.63, 3.8) is 0 Å². The lowest BCUT2D eigenvalue weighted by Gasteiger charge is -2.28. The smallest absolute Gasteiger partial charge is 0.282 e. The number of hydrogen-bond acceptors (Lipinski definition) is 6. The maximum atomic E-state index is 13.2. The average molecular weight is 418 g/mol. The largest absolute Gasteiger partial charge is 0.494 e. The van der Waals surface area contributed by atoms with Gasteiger partial charge in [-0.2, -0.15) is 0 Å². The van der Waals surface area contributed by atoms with Crippen LogP contribution in [0.1, 0.15) is 29.3 Å². The zero-order valence-electron chi connectivity index (χ0n) is 16.0. The fourth-order valence-corrected chi connectivity index (χ4v) is 5.14. The third-order valence-corrected chi connectivity index (χ3v) is 6.58. The first kappa shape index (κ1) is 20.8. The molecule has 9 heteroatoms. The number of ether oxygens (including phenoxy) is 1. The van der Waals surface area contributed by atoms with Gasteiger partial charge in [0.05, 0.1) is 23.0 Å². The van der Waals surface area contributed by atoms with Gasteiger partial charge in [0.25, 0.3) is 11.6 Å². The number of nitro benzene ring substituents is 1. The van der Waals surface area contributed by atoms with Crippen LogP contribution in [0.25, 0.3) is 0 Å². The number of carbonyl (C=O) groups excluding carboxylic acids is 1. The third kappa shape index (κ3) is 4.92. The van der Waals surface area contributed by atoms with E-state index >= 15 is 0 Å². The minimum absolute atomic E-state index is 0.00159. The van der Waals surface area contributed by atoms with E-state index < -0.39 is 26.7 Å². The van der Waals surface area contributed by atoms with Crippen LogP contribution in [0.5, 0.6) is 5.75 Å². The van der Waals surface area contributed by atoms with Crippen molar-refractivity contribution in [3.8, 4) is 5.75 Å². The molecule has 154 valence electrons. The summed E-state index contributed by atoms with van der Waals surface area (Å²) in [7, 11) is -3.24. The van der Waals surface area contributed by atoms with Gasteiger partial charge in [0.15, 0.2) is 9.84 Å². The number of amides is 1. The SMILES string of the molecule is CCOc1ccc(CN(C(=O)c2ccccc2[N+](=O)[O-])C2CCS(=O)(=O)C2)cc1. The first-order valence-electron chi connectivity index (χ1n) is 9.27. The summed E-state index contributed by atoms with van der Waals surface area (Å²) >= 11 is 0. The quantitative estimate of drug-likeness (QED) is 0.505. The topological polar surface area (TPSA) is 107 Å². The van der Waals surface area contributed by atoms with Gasteiger partial charge in [-0.15, -0.1) is 0 Å². The number of para-hydroxylation sites is 1. The zero-order valence-corrected chi connectivity index (χ0v) is 16.8. The molecule has 0 aliphatic carbocycles. The van der Waals surface area contributed by atoms with Crippen molar-refractivity contribution in [2.45, 2.75) is 25.9 Å². The molecule has 0 radical (unpaired) electrons. The van der Waals surface area contributed by atoms with Crippen molar-refractivity contribution in [2.75, 3.05) is 18.1 Å². The van der Waals surface area contributed by atoms with Crippen molar-refractivity contribution in [1.29, 1.82) is 0 Å². The molecule has 1 saturated heterocycles. The number of nitro groups is 1. The number of carbonyl (C=O) groups is 1. The summed E-state index contributed by atoms with van der Waals surface area (Å²) in [6.07, 6.45) is 0.311. The van der Waals surface area contributed by atoms with E-state index in [1.54, 1.807) is 30.3 Å². The molecule has 0 N–H and O–H groups in total. The summed E-state index contributed by atoms with van der Waals surface area (Å²) in [6.45, 7) is 2.56. The van der Waals surface area contributed by atoms with Gasteiger partial charge in [0.2, 0.25) is 0 Å². The highest BCUT2D eigenvalue weighted by molar-refractivity contribution is 7.91. The molecule has 0 spiro atoms. The predicted octanol–water partition coefficient (Wildman–Crippen LogP) is 2.82. The highest BCUT2D eigenvalue weighted by Crippen LogP contribution is 2.26. The summed E-state index contributed by atoms with van der Waals surface area (Å²) in [5.74, 6) is 0.00224. The molecule has 29 heavy (non-hydrogen) atoms. The molecule has 1 amide bonds. The van der Waals surface area contributed by atoms with E-state index in [0.29, 0.717) is 18.8 Å². The molecule has 1 fully saturated rings. The molecule has 1 aliphatic rings. The molecule has 1 heterocycles. The Balaban J connectivity index is 1.93. The fourth-order valence-electron chi connectivity index (χ4n) is 3.41. The first-order chi connectivity index (χ1) is 13.8. The van der Waals surface area contributed by atoms with Crippen molar-refractivity contribution in [2.24, 2.45) is 0 Å². The number of hydrogen-bond donors (Lipinski definition) is 0. The second-order valence-corrected chi connectivity index (χ2v) is 9.07. The predicted molar refractivity (Wildman–Crippen MR) is 108 cm³/mol. The minimum atomic E-state index is -3.24. The second-order valence-electron chi connectivity index (χ2n) is 6.84. The Morgan fingerprint density at radius 2 is 1.90 bits per heavy atom. The van der Waals surface area contributed by atoms with E-state index in [1.807, 2.05) is 6.92 Å². The van der Waals surface area contributed by atoms with E-state index in [-0.39, 0.29) is 29.3 Å². The Labute approximate surface area is 169 Å². The van der Waals surface area contributed by atoms with Crippen molar-refractivity contribution < 1.29 is 22.9 Å². The van der Waals surface area contributed by atoms with Crippen LogP contribution in [0.4, 0.5) is 5.69 Å². The average Bonchev–Trinajstić information content (AvgIpc) is 3.06. The Bertz CT molecular complexity index is 1000.